The Morgan fingerprint density at radius 2 is 1.96 bits per heavy atom. The summed E-state index contributed by atoms with van der Waals surface area (Å²) in [6, 6.07) is 1.14. The fraction of sp³-hybridized carbons (Fsp3) is 0.632. The Labute approximate surface area is 167 Å². The summed E-state index contributed by atoms with van der Waals surface area (Å²) in [5, 5.41) is 21.0. The molecule has 1 saturated heterocycles. The summed E-state index contributed by atoms with van der Waals surface area (Å²) in [6.45, 7) is 2.26. The van der Waals surface area contributed by atoms with Crippen molar-refractivity contribution in [3.8, 4) is 0 Å². The third-order valence-electron chi connectivity index (χ3n) is 6.11. The van der Waals surface area contributed by atoms with Gasteiger partial charge in [-0.15, -0.1) is 0 Å². The van der Waals surface area contributed by atoms with E-state index in [1.165, 1.54) is 15.7 Å². The second kappa shape index (κ2) is 7.75. The van der Waals surface area contributed by atoms with Crippen LogP contribution in [0.1, 0.15) is 49.4 Å². The lowest BCUT2D eigenvalue weighted by atomic mass is 9.66. The van der Waals surface area contributed by atoms with Gasteiger partial charge in [-0.3, -0.25) is 4.79 Å². The highest BCUT2D eigenvalue weighted by Crippen LogP contribution is 2.51. The van der Waals surface area contributed by atoms with E-state index in [9.17, 15) is 24.6 Å². The number of hydrogen-bond acceptors (Lipinski definition) is 5. The van der Waals surface area contributed by atoms with Crippen LogP contribution in [-0.4, -0.2) is 57.0 Å². The molecule has 2 fully saturated rings. The minimum absolute atomic E-state index is 0.00275. The molecule has 0 bridgehead atoms. The van der Waals surface area contributed by atoms with Crippen LogP contribution in [0.4, 0.5) is 4.79 Å². The number of nitrogens with zero attached hydrogens (tertiary/aromatic N) is 2. The number of carbonyl (C=O) groups excluding carboxylic acids is 1. The molecule has 3 rings (SSSR count). The normalized spacial score (nSPS) is 23.8. The van der Waals surface area contributed by atoms with E-state index in [0.29, 0.717) is 12.8 Å². The molecular weight excluding hydrogens is 388 g/mol. The van der Waals surface area contributed by atoms with Crippen molar-refractivity contribution in [2.45, 2.75) is 51.2 Å². The summed E-state index contributed by atoms with van der Waals surface area (Å²) in [5.41, 5.74) is -2.22. The zero-order valence-corrected chi connectivity index (χ0v) is 16.6. The van der Waals surface area contributed by atoms with Gasteiger partial charge in [0.25, 0.3) is 5.56 Å². The number of halogens is 1. The molecule has 1 aliphatic carbocycles. The summed E-state index contributed by atoms with van der Waals surface area (Å²) in [6.07, 6.45) is 3.75. The van der Waals surface area contributed by atoms with E-state index < -0.39 is 28.6 Å². The lowest BCUT2D eigenvalue weighted by Crippen LogP contribution is -2.62. The van der Waals surface area contributed by atoms with Crippen LogP contribution in [0.15, 0.2) is 17.1 Å². The first-order chi connectivity index (χ1) is 13.2. The van der Waals surface area contributed by atoms with Crippen molar-refractivity contribution < 1.29 is 24.5 Å². The molecule has 0 radical (unpaired) electrons. The number of aliphatic hydroxyl groups is 1. The highest BCUT2D eigenvalue weighted by Gasteiger charge is 2.55. The maximum absolute atomic E-state index is 12.5. The molecule has 0 unspecified atom stereocenters. The van der Waals surface area contributed by atoms with Gasteiger partial charge in [-0.05, 0) is 26.2 Å². The molecule has 1 aromatic rings. The van der Waals surface area contributed by atoms with Gasteiger partial charge in [-0.25, -0.2) is 9.59 Å². The fourth-order valence-corrected chi connectivity index (χ4v) is 4.80. The number of carbonyl (C=O) groups is 2. The van der Waals surface area contributed by atoms with Gasteiger partial charge in [0, 0.05) is 30.8 Å². The number of aromatic nitrogens is 1. The van der Waals surface area contributed by atoms with E-state index in [0.717, 1.165) is 18.9 Å². The molecule has 0 aromatic carbocycles. The molecule has 1 atom stereocenters. The Hall–Kier alpha value is -2.06. The summed E-state index contributed by atoms with van der Waals surface area (Å²) >= 11 is 6.04. The summed E-state index contributed by atoms with van der Waals surface area (Å²) in [7, 11) is 0. The lowest BCUT2D eigenvalue weighted by Gasteiger charge is -2.51. The summed E-state index contributed by atoms with van der Waals surface area (Å²) in [4.78, 5) is 37.4. The van der Waals surface area contributed by atoms with Gasteiger partial charge in [0.1, 0.15) is 0 Å². The number of ether oxygens (including phenoxy) is 1. The molecule has 2 heterocycles. The molecule has 1 spiro atoms. The molecule has 28 heavy (non-hydrogen) atoms. The molecule has 2 N–H and O–H groups in total. The average Bonchev–Trinajstić information content (AvgIpc) is 3.10. The van der Waals surface area contributed by atoms with Crippen molar-refractivity contribution in [2.24, 2.45) is 5.41 Å². The van der Waals surface area contributed by atoms with Gasteiger partial charge in [-0.2, -0.15) is 0 Å². The molecule has 9 heteroatoms. The van der Waals surface area contributed by atoms with Gasteiger partial charge in [0.15, 0.2) is 0 Å². The standard InChI is InChI=1S/C19H25ClN2O6/c1-2-28-16(24)13-10-22(15(23)9-14(13)20)12-19(27)7-8-21(17(25)26)11-18(19)5-3-4-6-18/h9-10,27H,2-8,11-12H2,1H3,(H,25,26)/t19-/m0/s1. The van der Waals surface area contributed by atoms with Crippen LogP contribution in [0, 0.1) is 5.41 Å². The second-order valence-electron chi connectivity index (χ2n) is 7.69. The number of hydrogen-bond donors (Lipinski definition) is 2. The van der Waals surface area contributed by atoms with Crippen LogP contribution >= 0.6 is 11.6 Å². The van der Waals surface area contributed by atoms with Crippen LogP contribution in [-0.2, 0) is 11.3 Å². The van der Waals surface area contributed by atoms with Crippen LogP contribution in [0.5, 0.6) is 0 Å². The Morgan fingerprint density at radius 3 is 2.57 bits per heavy atom. The van der Waals surface area contributed by atoms with E-state index in [4.69, 9.17) is 16.3 Å². The predicted octanol–water partition coefficient (Wildman–Crippen LogP) is 2.35. The summed E-state index contributed by atoms with van der Waals surface area (Å²) in [5.74, 6) is -0.635. The zero-order valence-electron chi connectivity index (χ0n) is 15.8. The first-order valence-electron chi connectivity index (χ1n) is 9.49. The smallest absolute Gasteiger partial charge is 0.407 e. The van der Waals surface area contributed by atoms with Gasteiger partial charge >= 0.3 is 12.1 Å². The molecule has 1 aromatic heterocycles. The number of esters is 1. The highest BCUT2D eigenvalue weighted by molar-refractivity contribution is 6.33. The molecule has 1 saturated carbocycles. The number of carboxylic acid groups (broad SMARTS) is 1. The minimum atomic E-state index is -1.25. The van der Waals surface area contributed by atoms with E-state index in [2.05, 4.69) is 0 Å². The Kier molecular flexibility index (Phi) is 5.72. The third kappa shape index (κ3) is 3.63. The molecule has 1 amide bonds. The highest BCUT2D eigenvalue weighted by atomic mass is 35.5. The molecule has 154 valence electrons. The molecule has 8 nitrogen and oxygen atoms in total. The minimum Gasteiger partial charge on any atom is -0.465 e. The van der Waals surface area contributed by atoms with Gasteiger partial charge in [0.2, 0.25) is 0 Å². The SMILES string of the molecule is CCOC(=O)c1cn(C[C@@]2(O)CCN(C(=O)O)CC23CCCC3)c(=O)cc1Cl. The van der Waals surface area contributed by atoms with Crippen molar-refractivity contribution in [1.82, 2.24) is 9.47 Å². The fourth-order valence-electron chi connectivity index (χ4n) is 4.58. The largest absolute Gasteiger partial charge is 0.465 e. The van der Waals surface area contributed by atoms with Gasteiger partial charge < -0.3 is 24.4 Å². The Balaban J connectivity index is 1.95. The van der Waals surface area contributed by atoms with E-state index in [1.54, 1.807) is 6.92 Å². The number of amides is 1. The molecular formula is C19H25ClN2O6. The quantitative estimate of drug-likeness (QED) is 0.735. The van der Waals surface area contributed by atoms with Crippen molar-refractivity contribution in [3.05, 3.63) is 33.2 Å². The van der Waals surface area contributed by atoms with E-state index >= 15 is 0 Å². The maximum Gasteiger partial charge on any atom is 0.407 e. The Morgan fingerprint density at radius 1 is 1.29 bits per heavy atom. The molecule has 2 aliphatic rings. The van der Waals surface area contributed by atoms with Crippen LogP contribution < -0.4 is 5.56 Å². The zero-order chi connectivity index (χ0) is 20.5. The average molecular weight is 413 g/mol. The van der Waals surface area contributed by atoms with E-state index in [-0.39, 0.29) is 43.2 Å². The van der Waals surface area contributed by atoms with Crippen molar-refractivity contribution in [3.63, 3.8) is 0 Å². The van der Waals surface area contributed by atoms with Crippen LogP contribution in [0.2, 0.25) is 5.02 Å². The van der Waals surface area contributed by atoms with Crippen LogP contribution in [0.3, 0.4) is 0 Å². The predicted molar refractivity (Wildman–Crippen MR) is 102 cm³/mol. The Bertz CT molecular complexity index is 832. The van der Waals surface area contributed by atoms with Crippen molar-refractivity contribution in [1.29, 1.82) is 0 Å². The second-order valence-corrected chi connectivity index (χ2v) is 8.10. The topological polar surface area (TPSA) is 109 Å². The number of piperidine rings is 1. The van der Waals surface area contributed by atoms with Crippen molar-refractivity contribution >= 4 is 23.7 Å². The van der Waals surface area contributed by atoms with Gasteiger partial charge in [-0.1, -0.05) is 24.4 Å². The first-order valence-corrected chi connectivity index (χ1v) is 9.86. The van der Waals surface area contributed by atoms with Gasteiger partial charge in [0.05, 0.1) is 29.3 Å². The maximum atomic E-state index is 12.5. The number of rotatable bonds is 4. The van der Waals surface area contributed by atoms with E-state index in [1.807, 2.05) is 0 Å². The molecule has 1 aliphatic heterocycles. The monoisotopic (exact) mass is 412 g/mol. The van der Waals surface area contributed by atoms with Crippen molar-refractivity contribution in [2.75, 3.05) is 19.7 Å². The first kappa shape index (κ1) is 20.7. The number of likely N-dealkylation sites (tertiary alicyclic amines) is 1. The third-order valence-corrected chi connectivity index (χ3v) is 6.42. The van der Waals surface area contributed by atoms with Crippen LogP contribution in [0.25, 0.3) is 0 Å². The lowest BCUT2D eigenvalue weighted by molar-refractivity contribution is -0.137. The number of pyridine rings is 1. The summed E-state index contributed by atoms with van der Waals surface area (Å²) < 4.78 is 6.27.